The zero-order valence-corrected chi connectivity index (χ0v) is 11.5. The highest BCUT2D eigenvalue weighted by atomic mass is 16.5. The van der Waals surface area contributed by atoms with Crippen molar-refractivity contribution in [1.29, 1.82) is 0 Å². The first-order chi connectivity index (χ1) is 8.05. The summed E-state index contributed by atoms with van der Waals surface area (Å²) in [6, 6.07) is 0.240. The van der Waals surface area contributed by atoms with Crippen molar-refractivity contribution in [3.05, 3.63) is 11.9 Å². The lowest BCUT2D eigenvalue weighted by atomic mass is 9.90. The lowest BCUT2D eigenvalue weighted by molar-refractivity contribution is -0.0536. The highest BCUT2D eigenvalue weighted by Gasteiger charge is 2.32. The van der Waals surface area contributed by atoms with Crippen LogP contribution in [0.3, 0.4) is 0 Å². The van der Waals surface area contributed by atoms with Gasteiger partial charge in [0.25, 0.3) is 0 Å². The van der Waals surface area contributed by atoms with E-state index in [-0.39, 0.29) is 11.6 Å². The molecule has 0 spiro atoms. The SMILES string of the molecule is CCOC(C)(CC)C(Cc1cn(C)nn1)NC. The summed E-state index contributed by atoms with van der Waals surface area (Å²) < 4.78 is 7.62. The lowest BCUT2D eigenvalue weighted by Gasteiger charge is -2.36. The van der Waals surface area contributed by atoms with Gasteiger partial charge in [-0.3, -0.25) is 4.68 Å². The molecule has 0 aliphatic carbocycles. The minimum Gasteiger partial charge on any atom is -0.374 e. The van der Waals surface area contributed by atoms with E-state index in [1.165, 1.54) is 0 Å². The largest absolute Gasteiger partial charge is 0.374 e. The van der Waals surface area contributed by atoms with E-state index >= 15 is 0 Å². The first-order valence-corrected chi connectivity index (χ1v) is 6.22. The van der Waals surface area contributed by atoms with Gasteiger partial charge in [-0.15, -0.1) is 5.10 Å². The summed E-state index contributed by atoms with van der Waals surface area (Å²) in [5.41, 5.74) is 0.826. The Balaban J connectivity index is 2.75. The van der Waals surface area contributed by atoms with Crippen LogP contribution in [0.1, 0.15) is 32.9 Å². The van der Waals surface area contributed by atoms with Crippen LogP contribution in [0.2, 0.25) is 0 Å². The molecule has 17 heavy (non-hydrogen) atoms. The van der Waals surface area contributed by atoms with Crippen molar-refractivity contribution in [2.45, 2.75) is 45.3 Å². The van der Waals surface area contributed by atoms with Crippen LogP contribution < -0.4 is 5.32 Å². The molecular weight excluding hydrogens is 216 g/mol. The fraction of sp³-hybridized carbons (Fsp3) is 0.833. The zero-order chi connectivity index (χ0) is 12.9. The van der Waals surface area contributed by atoms with E-state index in [1.54, 1.807) is 4.68 Å². The van der Waals surface area contributed by atoms with E-state index in [2.05, 4.69) is 29.5 Å². The summed E-state index contributed by atoms with van der Waals surface area (Å²) >= 11 is 0. The molecule has 0 saturated heterocycles. The van der Waals surface area contributed by atoms with Crippen LogP contribution in [0.25, 0.3) is 0 Å². The van der Waals surface area contributed by atoms with Crippen LogP contribution in [-0.4, -0.2) is 40.3 Å². The van der Waals surface area contributed by atoms with Crippen LogP contribution >= 0.6 is 0 Å². The molecule has 0 aliphatic heterocycles. The highest BCUT2D eigenvalue weighted by molar-refractivity contribution is 5.01. The monoisotopic (exact) mass is 240 g/mol. The van der Waals surface area contributed by atoms with E-state index < -0.39 is 0 Å². The number of aromatic nitrogens is 3. The molecule has 0 bridgehead atoms. The van der Waals surface area contributed by atoms with Crippen molar-refractivity contribution in [2.24, 2.45) is 7.05 Å². The number of rotatable bonds is 7. The minimum atomic E-state index is -0.166. The van der Waals surface area contributed by atoms with Gasteiger partial charge in [0, 0.05) is 32.3 Å². The number of hydrogen-bond donors (Lipinski definition) is 1. The molecule has 5 heteroatoms. The van der Waals surface area contributed by atoms with Gasteiger partial charge >= 0.3 is 0 Å². The molecule has 0 fully saturated rings. The van der Waals surface area contributed by atoms with Gasteiger partial charge in [-0.1, -0.05) is 12.1 Å². The molecule has 1 aromatic heterocycles. The number of nitrogens with one attached hydrogen (secondary N) is 1. The molecule has 1 N–H and O–H groups in total. The first kappa shape index (κ1) is 14.1. The van der Waals surface area contributed by atoms with Gasteiger partial charge in [-0.25, -0.2) is 0 Å². The molecule has 1 aromatic rings. The zero-order valence-electron chi connectivity index (χ0n) is 11.5. The van der Waals surface area contributed by atoms with Crippen molar-refractivity contribution in [1.82, 2.24) is 20.3 Å². The van der Waals surface area contributed by atoms with E-state index in [4.69, 9.17) is 4.74 Å². The number of ether oxygens (including phenoxy) is 1. The van der Waals surface area contributed by atoms with Crippen LogP contribution in [0.5, 0.6) is 0 Å². The summed E-state index contributed by atoms with van der Waals surface area (Å²) in [4.78, 5) is 0. The van der Waals surface area contributed by atoms with Crippen LogP contribution in [0, 0.1) is 0 Å². The Bertz CT molecular complexity index is 339. The molecule has 0 radical (unpaired) electrons. The van der Waals surface area contributed by atoms with Crippen LogP contribution in [-0.2, 0) is 18.2 Å². The molecule has 2 atom stereocenters. The maximum absolute atomic E-state index is 5.89. The van der Waals surface area contributed by atoms with Crippen LogP contribution in [0.15, 0.2) is 6.20 Å². The smallest absolute Gasteiger partial charge is 0.0843 e. The fourth-order valence-electron chi connectivity index (χ4n) is 2.10. The number of likely N-dealkylation sites (N-methyl/N-ethyl adjacent to an activating group) is 1. The van der Waals surface area contributed by atoms with Gasteiger partial charge < -0.3 is 10.1 Å². The Morgan fingerprint density at radius 3 is 2.65 bits per heavy atom. The molecule has 0 aliphatic rings. The highest BCUT2D eigenvalue weighted by Crippen LogP contribution is 2.22. The molecular formula is C12H24N4O. The van der Waals surface area contributed by atoms with E-state index in [1.807, 2.05) is 27.2 Å². The maximum Gasteiger partial charge on any atom is 0.0843 e. The normalized spacial score (nSPS) is 16.8. The Morgan fingerprint density at radius 2 is 2.24 bits per heavy atom. The van der Waals surface area contributed by atoms with Gasteiger partial charge in [-0.2, -0.15) is 0 Å². The number of aryl methyl sites for hydroxylation is 1. The third-order valence-electron chi connectivity index (χ3n) is 3.33. The topological polar surface area (TPSA) is 52.0 Å². The molecule has 5 nitrogen and oxygen atoms in total. The van der Waals surface area contributed by atoms with Gasteiger partial charge in [0.2, 0.25) is 0 Å². The third kappa shape index (κ3) is 3.51. The van der Waals surface area contributed by atoms with Crippen LogP contribution in [0.4, 0.5) is 0 Å². The fourth-order valence-corrected chi connectivity index (χ4v) is 2.10. The quantitative estimate of drug-likeness (QED) is 0.777. The molecule has 1 heterocycles. The first-order valence-electron chi connectivity index (χ1n) is 6.22. The molecule has 2 unspecified atom stereocenters. The predicted octanol–water partition coefficient (Wildman–Crippen LogP) is 1.15. The Labute approximate surface area is 104 Å². The second kappa shape index (κ2) is 6.12. The van der Waals surface area contributed by atoms with Crippen molar-refractivity contribution >= 4 is 0 Å². The van der Waals surface area contributed by atoms with Crippen molar-refractivity contribution < 1.29 is 4.74 Å². The lowest BCUT2D eigenvalue weighted by Crippen LogP contribution is -2.50. The van der Waals surface area contributed by atoms with Crippen molar-refractivity contribution in [3.8, 4) is 0 Å². The van der Waals surface area contributed by atoms with Gasteiger partial charge in [0.1, 0.15) is 0 Å². The van der Waals surface area contributed by atoms with Gasteiger partial charge in [-0.05, 0) is 27.3 Å². The Morgan fingerprint density at radius 1 is 1.53 bits per heavy atom. The van der Waals surface area contributed by atoms with E-state index in [9.17, 15) is 0 Å². The number of nitrogens with zero attached hydrogens (tertiary/aromatic N) is 3. The van der Waals surface area contributed by atoms with Gasteiger partial charge in [0.05, 0.1) is 11.3 Å². The summed E-state index contributed by atoms with van der Waals surface area (Å²) in [6.45, 7) is 7.05. The maximum atomic E-state index is 5.89. The number of hydrogen-bond acceptors (Lipinski definition) is 4. The molecule has 0 saturated carbocycles. The van der Waals surface area contributed by atoms with Gasteiger partial charge in [0.15, 0.2) is 0 Å². The summed E-state index contributed by atoms with van der Waals surface area (Å²) in [6.07, 6.45) is 3.74. The standard InChI is InChI=1S/C12H24N4O/c1-6-12(3,17-7-2)11(13-4)8-10-9-16(5)15-14-10/h9,11,13H,6-8H2,1-5H3. The minimum absolute atomic E-state index is 0.166. The molecule has 0 aromatic carbocycles. The average molecular weight is 240 g/mol. The average Bonchev–Trinajstić information content (AvgIpc) is 2.72. The second-order valence-electron chi connectivity index (χ2n) is 4.53. The third-order valence-corrected chi connectivity index (χ3v) is 3.33. The summed E-state index contributed by atoms with van der Waals surface area (Å²) in [5.74, 6) is 0. The van der Waals surface area contributed by atoms with Crippen molar-refractivity contribution in [2.75, 3.05) is 13.7 Å². The Kier molecular flexibility index (Phi) is 5.08. The van der Waals surface area contributed by atoms with E-state index in [0.29, 0.717) is 0 Å². The predicted molar refractivity (Wildman–Crippen MR) is 67.9 cm³/mol. The Hall–Kier alpha value is -0.940. The summed E-state index contributed by atoms with van der Waals surface area (Å²) in [5, 5.41) is 11.4. The van der Waals surface area contributed by atoms with E-state index in [0.717, 1.165) is 25.1 Å². The molecule has 0 amide bonds. The molecule has 98 valence electrons. The van der Waals surface area contributed by atoms with Crippen molar-refractivity contribution in [3.63, 3.8) is 0 Å². The molecule has 1 rings (SSSR count). The second-order valence-corrected chi connectivity index (χ2v) is 4.53. The summed E-state index contributed by atoms with van der Waals surface area (Å²) in [7, 11) is 3.85.